The van der Waals surface area contributed by atoms with Gasteiger partial charge in [0.05, 0.1) is 12.3 Å². The van der Waals surface area contributed by atoms with E-state index in [2.05, 4.69) is 4.90 Å². The van der Waals surface area contributed by atoms with Crippen molar-refractivity contribution in [1.82, 2.24) is 9.80 Å². The molecule has 1 saturated heterocycles. The van der Waals surface area contributed by atoms with Crippen molar-refractivity contribution in [3.05, 3.63) is 58.5 Å². The number of rotatable bonds is 8. The highest BCUT2D eigenvalue weighted by atomic mass is 35.5. The lowest BCUT2D eigenvalue weighted by atomic mass is 10.2. The maximum atomic E-state index is 12.5. The number of hydrogen-bond acceptors (Lipinski definition) is 5. The highest BCUT2D eigenvalue weighted by molar-refractivity contribution is 7.99. The van der Waals surface area contributed by atoms with Gasteiger partial charge in [0.25, 0.3) is 0 Å². The maximum Gasteiger partial charge on any atom is 0.224 e. The molecule has 1 amide bonds. The molecule has 1 aliphatic heterocycles. The van der Waals surface area contributed by atoms with E-state index in [1.165, 1.54) is 0 Å². The Hall–Kier alpha value is -1.08. The molecule has 0 bridgehead atoms. The van der Waals surface area contributed by atoms with E-state index in [9.17, 15) is 4.79 Å². The van der Waals surface area contributed by atoms with Gasteiger partial charge in [0, 0.05) is 29.5 Å². The van der Waals surface area contributed by atoms with Crippen LogP contribution >= 0.6 is 35.1 Å². The van der Waals surface area contributed by atoms with Gasteiger partial charge in [0.15, 0.2) is 0 Å². The predicted molar refractivity (Wildman–Crippen MR) is 115 cm³/mol. The fraction of sp³-hybridized carbons (Fsp3) is 0.450. The highest BCUT2D eigenvalue weighted by Gasteiger charge is 2.29. The Kier molecular flexibility index (Phi) is 7.58. The first-order valence-electron chi connectivity index (χ1n) is 8.99. The third-order valence-corrected chi connectivity index (χ3v) is 6.75. The fourth-order valence-corrected chi connectivity index (χ4v) is 5.22. The molecule has 2 heterocycles. The number of amides is 1. The molecule has 1 aromatic heterocycles. The van der Waals surface area contributed by atoms with E-state index in [4.69, 9.17) is 16.0 Å². The summed E-state index contributed by atoms with van der Waals surface area (Å²) < 4.78 is 5.85. The number of nitrogens with zero attached hydrogens (tertiary/aromatic N) is 2. The van der Waals surface area contributed by atoms with Crippen LogP contribution in [-0.2, 0) is 17.1 Å². The van der Waals surface area contributed by atoms with Crippen LogP contribution in [0.2, 0.25) is 5.02 Å². The quantitative estimate of drug-likeness (QED) is 0.564. The van der Waals surface area contributed by atoms with E-state index in [1.54, 1.807) is 11.8 Å². The lowest BCUT2D eigenvalue weighted by Crippen LogP contribution is -2.38. The molecule has 3 rings (SSSR count). The third kappa shape index (κ3) is 5.95. The fourth-order valence-electron chi connectivity index (χ4n) is 3.00. The van der Waals surface area contributed by atoms with Crippen LogP contribution in [0, 0.1) is 0 Å². The molecule has 1 fully saturated rings. The van der Waals surface area contributed by atoms with E-state index >= 15 is 0 Å². The molecule has 146 valence electrons. The number of benzene rings is 1. The zero-order valence-electron chi connectivity index (χ0n) is 15.7. The van der Waals surface area contributed by atoms with Gasteiger partial charge in [-0.1, -0.05) is 23.7 Å². The summed E-state index contributed by atoms with van der Waals surface area (Å²) in [6.45, 7) is 1.56. The van der Waals surface area contributed by atoms with Crippen LogP contribution < -0.4 is 0 Å². The lowest BCUT2D eigenvalue weighted by molar-refractivity contribution is -0.131. The van der Waals surface area contributed by atoms with Gasteiger partial charge in [0.1, 0.15) is 16.9 Å². The minimum absolute atomic E-state index is 0.0828. The second kappa shape index (κ2) is 9.92. The summed E-state index contributed by atoms with van der Waals surface area (Å²) >= 11 is 9.63. The summed E-state index contributed by atoms with van der Waals surface area (Å²) in [5.41, 5.74) is 1.14. The molecule has 4 nitrogen and oxygen atoms in total. The van der Waals surface area contributed by atoms with Crippen LogP contribution in [0.4, 0.5) is 0 Å². The van der Waals surface area contributed by atoms with Crippen LogP contribution in [0.5, 0.6) is 0 Å². The number of hydrogen-bond donors (Lipinski definition) is 0. The standard InChI is InChI=1S/C20H25ClN2O2S2/c1-22(2)13-17-7-8-18(25-17)14-26-12-10-23-19(24)9-11-27-20(23)15-3-5-16(21)6-4-15/h3-8,20H,9-14H2,1-2H3. The molecule has 0 aliphatic carbocycles. The number of halogens is 1. The summed E-state index contributed by atoms with van der Waals surface area (Å²) in [4.78, 5) is 16.6. The Morgan fingerprint density at radius 2 is 1.96 bits per heavy atom. The molecule has 2 aromatic rings. The smallest absolute Gasteiger partial charge is 0.224 e. The minimum atomic E-state index is 0.0828. The van der Waals surface area contributed by atoms with E-state index in [0.717, 1.165) is 52.5 Å². The lowest BCUT2D eigenvalue weighted by Gasteiger charge is -2.35. The highest BCUT2D eigenvalue weighted by Crippen LogP contribution is 2.37. The summed E-state index contributed by atoms with van der Waals surface area (Å²) in [5.74, 6) is 4.80. The molecule has 0 N–H and O–H groups in total. The van der Waals surface area contributed by atoms with Crippen LogP contribution in [0.3, 0.4) is 0 Å². The predicted octanol–water partition coefficient (Wildman–Crippen LogP) is 4.89. The van der Waals surface area contributed by atoms with Gasteiger partial charge in [-0.25, -0.2) is 0 Å². The molecule has 1 atom stereocenters. The van der Waals surface area contributed by atoms with E-state index in [-0.39, 0.29) is 11.3 Å². The monoisotopic (exact) mass is 424 g/mol. The average molecular weight is 425 g/mol. The number of thioether (sulfide) groups is 2. The molecule has 1 aromatic carbocycles. The van der Waals surface area contributed by atoms with Gasteiger partial charge < -0.3 is 14.2 Å². The van der Waals surface area contributed by atoms with Crippen molar-refractivity contribution in [3.63, 3.8) is 0 Å². The first-order chi connectivity index (χ1) is 13.0. The Morgan fingerprint density at radius 1 is 1.22 bits per heavy atom. The largest absolute Gasteiger partial charge is 0.464 e. The van der Waals surface area contributed by atoms with Gasteiger partial charge in [0.2, 0.25) is 5.91 Å². The van der Waals surface area contributed by atoms with Crippen molar-refractivity contribution >= 4 is 41.0 Å². The molecule has 1 unspecified atom stereocenters. The summed E-state index contributed by atoms with van der Waals surface area (Å²) in [7, 11) is 4.06. The first kappa shape index (κ1) is 20.6. The van der Waals surface area contributed by atoms with Crippen molar-refractivity contribution in [1.29, 1.82) is 0 Å². The number of carbonyl (C=O) groups is 1. The molecule has 0 radical (unpaired) electrons. The van der Waals surface area contributed by atoms with Crippen molar-refractivity contribution in [3.8, 4) is 0 Å². The van der Waals surface area contributed by atoms with Crippen LogP contribution in [-0.4, -0.2) is 47.9 Å². The van der Waals surface area contributed by atoms with Gasteiger partial charge in [-0.15, -0.1) is 11.8 Å². The Morgan fingerprint density at radius 3 is 2.70 bits per heavy atom. The molecule has 1 aliphatic rings. The first-order valence-corrected chi connectivity index (χ1v) is 11.6. The van der Waals surface area contributed by atoms with Crippen molar-refractivity contribution in [2.45, 2.75) is 24.1 Å². The SMILES string of the molecule is CN(C)Cc1ccc(CSCCN2C(=O)CCSC2c2ccc(Cl)cc2)o1. The average Bonchev–Trinajstić information content (AvgIpc) is 3.07. The summed E-state index contributed by atoms with van der Waals surface area (Å²) in [6.07, 6.45) is 0.617. The molecular formula is C20H25ClN2O2S2. The summed E-state index contributed by atoms with van der Waals surface area (Å²) in [6, 6.07) is 11.9. The maximum absolute atomic E-state index is 12.5. The number of furan rings is 1. The molecule has 27 heavy (non-hydrogen) atoms. The second-order valence-corrected chi connectivity index (χ2v) is 9.50. The van der Waals surface area contributed by atoms with E-state index in [0.29, 0.717) is 6.42 Å². The van der Waals surface area contributed by atoms with Gasteiger partial charge in [-0.3, -0.25) is 4.79 Å². The van der Waals surface area contributed by atoms with Crippen LogP contribution in [0.15, 0.2) is 40.8 Å². The Bertz CT molecular complexity index is 749. The minimum Gasteiger partial charge on any atom is -0.464 e. The second-order valence-electron chi connectivity index (χ2n) is 6.77. The Balaban J connectivity index is 1.52. The Labute approximate surface area is 174 Å². The normalized spacial score (nSPS) is 17.7. The molecule has 0 saturated carbocycles. The van der Waals surface area contributed by atoms with Gasteiger partial charge in [-0.05, 0) is 43.9 Å². The van der Waals surface area contributed by atoms with Gasteiger partial charge in [-0.2, -0.15) is 11.8 Å². The van der Waals surface area contributed by atoms with E-state index in [1.807, 2.05) is 67.2 Å². The molecule has 0 spiro atoms. The molecular weight excluding hydrogens is 400 g/mol. The summed E-state index contributed by atoms with van der Waals surface area (Å²) in [5, 5.41) is 0.805. The topological polar surface area (TPSA) is 36.7 Å². The zero-order valence-corrected chi connectivity index (χ0v) is 18.1. The van der Waals surface area contributed by atoms with Crippen LogP contribution in [0.1, 0.15) is 28.9 Å². The van der Waals surface area contributed by atoms with Crippen molar-refractivity contribution in [2.75, 3.05) is 32.1 Å². The third-order valence-electron chi connectivity index (χ3n) is 4.26. The zero-order chi connectivity index (χ0) is 19.2. The van der Waals surface area contributed by atoms with Crippen LogP contribution in [0.25, 0.3) is 0 Å². The van der Waals surface area contributed by atoms with E-state index < -0.39 is 0 Å². The van der Waals surface area contributed by atoms with Crippen molar-refractivity contribution < 1.29 is 9.21 Å². The van der Waals surface area contributed by atoms with Gasteiger partial charge >= 0.3 is 0 Å². The van der Waals surface area contributed by atoms with Crippen molar-refractivity contribution in [2.24, 2.45) is 0 Å². The molecule has 7 heteroatoms. The number of carbonyl (C=O) groups excluding carboxylic acids is 1.